The van der Waals surface area contributed by atoms with E-state index in [1.54, 1.807) is 6.07 Å². The summed E-state index contributed by atoms with van der Waals surface area (Å²) in [7, 11) is -3.49. The first-order chi connectivity index (χ1) is 9.96. The van der Waals surface area contributed by atoms with Crippen molar-refractivity contribution in [2.45, 2.75) is 24.7 Å². The molecule has 2 aliphatic rings. The molecule has 3 rings (SSSR count). The highest BCUT2D eigenvalue weighted by Gasteiger charge is 2.29. The lowest BCUT2D eigenvalue weighted by Gasteiger charge is -2.29. The second-order valence-electron chi connectivity index (χ2n) is 5.58. The predicted molar refractivity (Wildman–Crippen MR) is 77.7 cm³/mol. The fraction of sp³-hybridized carbons (Fsp3) is 0.500. The van der Waals surface area contributed by atoms with Gasteiger partial charge in [0.1, 0.15) is 5.75 Å². The molecule has 0 saturated carbocycles. The zero-order valence-corrected chi connectivity index (χ0v) is 12.6. The van der Waals surface area contributed by atoms with E-state index in [0.29, 0.717) is 30.4 Å². The number of carbonyl (C=O) groups is 1. The van der Waals surface area contributed by atoms with Crippen LogP contribution in [0, 0.1) is 5.92 Å². The molecule has 0 spiro atoms. The molecule has 2 aliphatic heterocycles. The third-order valence-corrected chi connectivity index (χ3v) is 5.86. The van der Waals surface area contributed by atoms with E-state index in [0.717, 1.165) is 12.8 Å². The van der Waals surface area contributed by atoms with Crippen LogP contribution in [0.1, 0.15) is 19.8 Å². The number of carbonyl (C=O) groups excluding carboxylic acids is 1. The van der Waals surface area contributed by atoms with E-state index in [-0.39, 0.29) is 17.4 Å². The van der Waals surface area contributed by atoms with Crippen molar-refractivity contribution in [2.75, 3.05) is 25.0 Å². The van der Waals surface area contributed by atoms with Gasteiger partial charge in [0, 0.05) is 19.2 Å². The van der Waals surface area contributed by atoms with Gasteiger partial charge in [0.15, 0.2) is 6.61 Å². The van der Waals surface area contributed by atoms with Crippen molar-refractivity contribution in [1.29, 1.82) is 0 Å². The minimum atomic E-state index is -3.49. The molecule has 1 N–H and O–H groups in total. The monoisotopic (exact) mass is 310 g/mol. The van der Waals surface area contributed by atoms with E-state index in [2.05, 4.69) is 12.2 Å². The summed E-state index contributed by atoms with van der Waals surface area (Å²) < 4.78 is 32.1. The maximum absolute atomic E-state index is 12.6. The fourth-order valence-corrected chi connectivity index (χ4v) is 4.08. The number of nitrogens with zero attached hydrogens (tertiary/aromatic N) is 1. The molecule has 7 heteroatoms. The number of ether oxygens (including phenoxy) is 1. The minimum Gasteiger partial charge on any atom is -0.482 e. The molecule has 0 aromatic heterocycles. The number of piperidine rings is 1. The lowest BCUT2D eigenvalue weighted by atomic mass is 10.0. The number of sulfonamides is 1. The Bertz CT molecular complexity index is 664. The average molecular weight is 310 g/mol. The molecule has 1 amide bonds. The Kier molecular flexibility index (Phi) is 3.62. The molecule has 0 aliphatic carbocycles. The Morgan fingerprint density at radius 3 is 2.71 bits per heavy atom. The molecule has 0 radical (unpaired) electrons. The van der Waals surface area contributed by atoms with Crippen LogP contribution < -0.4 is 10.1 Å². The first kappa shape index (κ1) is 14.3. The van der Waals surface area contributed by atoms with Crippen LogP contribution in [0.4, 0.5) is 5.69 Å². The molecule has 1 aromatic carbocycles. The third kappa shape index (κ3) is 2.75. The summed E-state index contributed by atoms with van der Waals surface area (Å²) in [6.45, 7) is 3.16. The van der Waals surface area contributed by atoms with Gasteiger partial charge in [-0.1, -0.05) is 6.92 Å². The van der Waals surface area contributed by atoms with E-state index >= 15 is 0 Å². The lowest BCUT2D eigenvalue weighted by Crippen LogP contribution is -2.38. The van der Waals surface area contributed by atoms with Gasteiger partial charge in [-0.15, -0.1) is 0 Å². The lowest BCUT2D eigenvalue weighted by molar-refractivity contribution is -0.118. The van der Waals surface area contributed by atoms with Crippen LogP contribution in [-0.4, -0.2) is 38.3 Å². The van der Waals surface area contributed by atoms with Gasteiger partial charge in [0.25, 0.3) is 5.91 Å². The standard InChI is InChI=1S/C14H18N2O4S/c1-10-4-6-16(7-5-10)21(18,19)11-2-3-12-13(8-11)20-9-14(17)15-12/h2-3,8,10H,4-7,9H2,1H3,(H,15,17). The van der Waals surface area contributed by atoms with Gasteiger partial charge in [0.05, 0.1) is 10.6 Å². The Morgan fingerprint density at radius 2 is 2.00 bits per heavy atom. The maximum Gasteiger partial charge on any atom is 0.262 e. The molecule has 1 fully saturated rings. The van der Waals surface area contributed by atoms with Gasteiger partial charge in [-0.2, -0.15) is 4.31 Å². The Morgan fingerprint density at radius 1 is 1.29 bits per heavy atom. The first-order valence-corrected chi connectivity index (χ1v) is 8.47. The molecular formula is C14H18N2O4S. The van der Waals surface area contributed by atoms with E-state index < -0.39 is 10.0 Å². The van der Waals surface area contributed by atoms with Crippen molar-refractivity contribution in [3.8, 4) is 5.75 Å². The highest BCUT2D eigenvalue weighted by molar-refractivity contribution is 7.89. The Labute approximate surface area is 124 Å². The zero-order chi connectivity index (χ0) is 15.0. The molecule has 0 bridgehead atoms. The van der Waals surface area contributed by atoms with E-state index in [1.807, 2.05) is 0 Å². The summed E-state index contributed by atoms with van der Waals surface area (Å²) in [6, 6.07) is 4.58. The zero-order valence-electron chi connectivity index (χ0n) is 11.8. The van der Waals surface area contributed by atoms with Gasteiger partial charge in [0.2, 0.25) is 10.0 Å². The molecule has 21 heavy (non-hydrogen) atoms. The summed E-state index contributed by atoms with van der Waals surface area (Å²) in [5.41, 5.74) is 0.512. The number of hydrogen-bond acceptors (Lipinski definition) is 4. The fourth-order valence-electron chi connectivity index (χ4n) is 2.59. The van der Waals surface area contributed by atoms with Crippen molar-refractivity contribution in [3.05, 3.63) is 18.2 Å². The van der Waals surface area contributed by atoms with Crippen LogP contribution in [0.5, 0.6) is 5.75 Å². The highest BCUT2D eigenvalue weighted by Crippen LogP contribution is 2.32. The van der Waals surface area contributed by atoms with Crippen molar-refractivity contribution >= 4 is 21.6 Å². The average Bonchev–Trinajstić information content (AvgIpc) is 2.47. The SMILES string of the molecule is CC1CCN(S(=O)(=O)c2ccc3c(c2)OCC(=O)N3)CC1. The van der Waals surface area contributed by atoms with Crippen LogP contribution in [0.3, 0.4) is 0 Å². The number of anilines is 1. The van der Waals surface area contributed by atoms with E-state index in [9.17, 15) is 13.2 Å². The quantitative estimate of drug-likeness (QED) is 0.897. The molecule has 1 saturated heterocycles. The van der Waals surface area contributed by atoms with Crippen molar-refractivity contribution in [2.24, 2.45) is 5.92 Å². The second-order valence-corrected chi connectivity index (χ2v) is 7.52. The van der Waals surface area contributed by atoms with Crippen molar-refractivity contribution in [3.63, 3.8) is 0 Å². The maximum atomic E-state index is 12.6. The van der Waals surface area contributed by atoms with Crippen LogP contribution >= 0.6 is 0 Å². The number of benzene rings is 1. The molecule has 114 valence electrons. The van der Waals surface area contributed by atoms with Crippen LogP contribution in [0.2, 0.25) is 0 Å². The summed E-state index contributed by atoms with van der Waals surface area (Å²) in [6.07, 6.45) is 1.77. The Balaban J connectivity index is 1.88. The smallest absolute Gasteiger partial charge is 0.262 e. The third-order valence-electron chi connectivity index (χ3n) is 3.97. The first-order valence-electron chi connectivity index (χ1n) is 7.03. The summed E-state index contributed by atoms with van der Waals surface area (Å²) in [4.78, 5) is 11.4. The number of hydrogen-bond donors (Lipinski definition) is 1. The normalized spacial score (nSPS) is 20.5. The van der Waals surface area contributed by atoms with Gasteiger partial charge in [-0.3, -0.25) is 4.79 Å². The van der Waals surface area contributed by atoms with Gasteiger partial charge in [-0.05, 0) is 30.9 Å². The molecule has 1 aromatic rings. The van der Waals surface area contributed by atoms with Crippen LogP contribution in [0.15, 0.2) is 23.1 Å². The molecule has 6 nitrogen and oxygen atoms in total. The van der Waals surface area contributed by atoms with E-state index in [1.165, 1.54) is 16.4 Å². The largest absolute Gasteiger partial charge is 0.482 e. The van der Waals surface area contributed by atoms with Crippen molar-refractivity contribution in [1.82, 2.24) is 4.31 Å². The van der Waals surface area contributed by atoms with E-state index in [4.69, 9.17) is 4.74 Å². The van der Waals surface area contributed by atoms with Gasteiger partial charge < -0.3 is 10.1 Å². The number of amides is 1. The highest BCUT2D eigenvalue weighted by atomic mass is 32.2. The molecule has 0 unspecified atom stereocenters. The topological polar surface area (TPSA) is 75.7 Å². The minimum absolute atomic E-state index is 0.0856. The number of fused-ring (bicyclic) bond motifs is 1. The summed E-state index contributed by atoms with van der Waals surface area (Å²) in [5.74, 6) is 0.739. The molecule has 0 atom stereocenters. The predicted octanol–water partition coefficient (Wildman–Crippen LogP) is 1.44. The summed E-state index contributed by atoms with van der Waals surface area (Å²) in [5, 5.41) is 2.65. The molecular weight excluding hydrogens is 292 g/mol. The Hall–Kier alpha value is -1.60. The van der Waals surface area contributed by atoms with Crippen LogP contribution in [-0.2, 0) is 14.8 Å². The summed E-state index contributed by atoms with van der Waals surface area (Å²) >= 11 is 0. The van der Waals surface area contributed by atoms with Crippen LogP contribution in [0.25, 0.3) is 0 Å². The van der Waals surface area contributed by atoms with Gasteiger partial charge >= 0.3 is 0 Å². The second kappa shape index (κ2) is 5.31. The molecule has 2 heterocycles. The van der Waals surface area contributed by atoms with Gasteiger partial charge in [-0.25, -0.2) is 8.42 Å². The number of nitrogens with one attached hydrogen (secondary N) is 1. The van der Waals surface area contributed by atoms with Crippen molar-refractivity contribution < 1.29 is 17.9 Å². The number of rotatable bonds is 2.